The minimum absolute atomic E-state index is 0.0255. The Morgan fingerprint density at radius 3 is 2.47 bits per heavy atom. The SMILES string of the molecule is O=C(NCCC#Cc1cc(Cl)c[nH]c1=O)OCC1c2ccccc2-c2ccccc21. The first-order valence-corrected chi connectivity index (χ1v) is 9.97. The molecule has 30 heavy (non-hydrogen) atoms. The minimum atomic E-state index is -0.487. The second-order valence-electron chi connectivity index (χ2n) is 6.86. The lowest BCUT2D eigenvalue weighted by atomic mass is 9.98. The van der Waals surface area contributed by atoms with E-state index in [9.17, 15) is 9.59 Å². The average molecular weight is 419 g/mol. The van der Waals surface area contributed by atoms with Gasteiger partial charge in [-0.1, -0.05) is 72.0 Å². The first-order chi connectivity index (χ1) is 14.6. The van der Waals surface area contributed by atoms with Crippen LogP contribution in [0.3, 0.4) is 0 Å². The number of halogens is 1. The molecule has 1 aliphatic carbocycles. The van der Waals surface area contributed by atoms with E-state index >= 15 is 0 Å². The van der Waals surface area contributed by atoms with Crippen LogP contribution in [0.15, 0.2) is 65.6 Å². The van der Waals surface area contributed by atoms with Gasteiger partial charge >= 0.3 is 6.09 Å². The second-order valence-corrected chi connectivity index (χ2v) is 7.30. The first-order valence-electron chi connectivity index (χ1n) is 9.59. The summed E-state index contributed by atoms with van der Waals surface area (Å²) in [7, 11) is 0. The van der Waals surface area contributed by atoms with E-state index in [0.29, 0.717) is 23.6 Å². The largest absolute Gasteiger partial charge is 0.449 e. The van der Waals surface area contributed by atoms with Gasteiger partial charge < -0.3 is 15.0 Å². The Bertz CT molecular complexity index is 1160. The molecule has 0 bridgehead atoms. The van der Waals surface area contributed by atoms with E-state index in [4.69, 9.17) is 16.3 Å². The molecule has 1 aromatic heterocycles. The van der Waals surface area contributed by atoms with Gasteiger partial charge in [0, 0.05) is 25.1 Å². The number of hydrogen-bond acceptors (Lipinski definition) is 3. The topological polar surface area (TPSA) is 71.2 Å². The summed E-state index contributed by atoms with van der Waals surface area (Å²) in [5.41, 5.74) is 4.72. The number of hydrogen-bond donors (Lipinski definition) is 2. The Labute approximate surface area is 179 Å². The molecule has 0 radical (unpaired) electrons. The molecule has 0 saturated carbocycles. The van der Waals surface area contributed by atoms with Crippen molar-refractivity contribution in [1.29, 1.82) is 0 Å². The molecule has 3 aromatic rings. The van der Waals surface area contributed by atoms with Crippen molar-refractivity contribution in [1.82, 2.24) is 10.3 Å². The van der Waals surface area contributed by atoms with Crippen molar-refractivity contribution in [3.8, 4) is 23.0 Å². The minimum Gasteiger partial charge on any atom is -0.449 e. The molecular weight excluding hydrogens is 400 g/mol. The fraction of sp³-hybridized carbons (Fsp3) is 0.167. The normalized spacial score (nSPS) is 11.8. The van der Waals surface area contributed by atoms with Crippen molar-refractivity contribution in [3.05, 3.63) is 92.9 Å². The Balaban J connectivity index is 1.30. The van der Waals surface area contributed by atoms with E-state index in [1.807, 2.05) is 24.3 Å². The maximum absolute atomic E-state index is 12.1. The van der Waals surface area contributed by atoms with E-state index in [-0.39, 0.29) is 18.1 Å². The van der Waals surface area contributed by atoms with Gasteiger partial charge in [-0.05, 0) is 28.3 Å². The molecular formula is C24H19ClN2O3. The number of pyridine rings is 1. The molecule has 0 saturated heterocycles. The van der Waals surface area contributed by atoms with Crippen LogP contribution in [0.4, 0.5) is 4.79 Å². The molecule has 0 aliphatic heterocycles. The number of aromatic amines is 1. The lowest BCUT2D eigenvalue weighted by Crippen LogP contribution is -2.26. The number of fused-ring (bicyclic) bond motifs is 3. The summed E-state index contributed by atoms with van der Waals surface area (Å²) in [6.07, 6.45) is 1.31. The molecule has 150 valence electrons. The number of aromatic nitrogens is 1. The number of carbonyl (C=O) groups excluding carboxylic acids is 1. The molecule has 2 aromatic carbocycles. The predicted octanol–water partition coefficient (Wildman–Crippen LogP) is 4.31. The van der Waals surface area contributed by atoms with Crippen LogP contribution in [0.25, 0.3) is 11.1 Å². The van der Waals surface area contributed by atoms with E-state index in [2.05, 4.69) is 46.4 Å². The highest BCUT2D eigenvalue weighted by Crippen LogP contribution is 2.44. The van der Waals surface area contributed by atoms with Crippen LogP contribution in [0.2, 0.25) is 5.02 Å². The molecule has 1 amide bonds. The maximum atomic E-state index is 12.1. The number of alkyl carbamates (subject to hydrolysis) is 1. The van der Waals surface area contributed by atoms with Gasteiger partial charge in [0.15, 0.2) is 0 Å². The van der Waals surface area contributed by atoms with Crippen LogP contribution in [0, 0.1) is 11.8 Å². The second kappa shape index (κ2) is 8.89. The molecule has 0 spiro atoms. The number of carbonyl (C=O) groups is 1. The van der Waals surface area contributed by atoms with Crippen molar-refractivity contribution in [2.24, 2.45) is 0 Å². The van der Waals surface area contributed by atoms with Crippen molar-refractivity contribution in [3.63, 3.8) is 0 Å². The molecule has 6 heteroatoms. The van der Waals surface area contributed by atoms with E-state index in [1.54, 1.807) is 0 Å². The predicted molar refractivity (Wildman–Crippen MR) is 117 cm³/mol. The van der Waals surface area contributed by atoms with Gasteiger partial charge in [-0.15, -0.1) is 0 Å². The smallest absolute Gasteiger partial charge is 0.407 e. The maximum Gasteiger partial charge on any atom is 0.407 e. The molecule has 2 N–H and O–H groups in total. The number of amides is 1. The first kappa shape index (κ1) is 19.8. The molecule has 0 unspecified atom stereocenters. The number of nitrogens with one attached hydrogen (secondary N) is 2. The van der Waals surface area contributed by atoms with Gasteiger partial charge in [-0.2, -0.15) is 0 Å². The van der Waals surface area contributed by atoms with Gasteiger partial charge in [0.05, 0.1) is 10.6 Å². The summed E-state index contributed by atoms with van der Waals surface area (Å²) < 4.78 is 5.47. The van der Waals surface area contributed by atoms with E-state index < -0.39 is 6.09 Å². The summed E-state index contributed by atoms with van der Waals surface area (Å²) in [5.74, 6) is 5.63. The summed E-state index contributed by atoms with van der Waals surface area (Å²) in [6, 6.07) is 17.9. The monoisotopic (exact) mass is 418 g/mol. The van der Waals surface area contributed by atoms with Crippen LogP contribution >= 0.6 is 11.6 Å². The fourth-order valence-corrected chi connectivity index (χ4v) is 3.75. The molecule has 1 heterocycles. The lowest BCUT2D eigenvalue weighted by molar-refractivity contribution is 0.143. The molecule has 4 rings (SSSR count). The van der Waals surface area contributed by atoms with Crippen molar-refractivity contribution in [2.75, 3.05) is 13.2 Å². The van der Waals surface area contributed by atoms with Gasteiger partial charge in [0.2, 0.25) is 0 Å². The Hall–Kier alpha value is -3.49. The Morgan fingerprint density at radius 1 is 1.10 bits per heavy atom. The van der Waals surface area contributed by atoms with E-state index in [0.717, 1.165) is 0 Å². The summed E-state index contributed by atoms with van der Waals surface area (Å²) in [5, 5.41) is 3.10. The average Bonchev–Trinajstić information content (AvgIpc) is 3.08. The third-order valence-electron chi connectivity index (χ3n) is 4.95. The molecule has 5 nitrogen and oxygen atoms in total. The Kier molecular flexibility index (Phi) is 5.87. The zero-order valence-corrected chi connectivity index (χ0v) is 16.8. The summed E-state index contributed by atoms with van der Waals surface area (Å²) in [6.45, 7) is 0.589. The highest BCUT2D eigenvalue weighted by Gasteiger charge is 2.28. The van der Waals surface area contributed by atoms with Crippen LogP contribution in [0.5, 0.6) is 0 Å². The third kappa shape index (κ3) is 4.24. The Morgan fingerprint density at radius 2 is 1.77 bits per heavy atom. The summed E-state index contributed by atoms with van der Waals surface area (Å²) >= 11 is 5.84. The highest BCUT2D eigenvalue weighted by molar-refractivity contribution is 6.30. The van der Waals surface area contributed by atoms with Crippen LogP contribution in [-0.2, 0) is 4.74 Å². The quantitative estimate of drug-likeness (QED) is 0.490. The van der Waals surface area contributed by atoms with Crippen molar-refractivity contribution >= 4 is 17.7 Å². The molecule has 1 aliphatic rings. The van der Waals surface area contributed by atoms with Crippen molar-refractivity contribution < 1.29 is 9.53 Å². The van der Waals surface area contributed by atoms with Gasteiger partial charge in [0.1, 0.15) is 6.61 Å². The summed E-state index contributed by atoms with van der Waals surface area (Å²) in [4.78, 5) is 26.2. The highest BCUT2D eigenvalue weighted by atomic mass is 35.5. The van der Waals surface area contributed by atoms with Gasteiger partial charge in [-0.3, -0.25) is 4.79 Å². The lowest BCUT2D eigenvalue weighted by Gasteiger charge is -2.14. The van der Waals surface area contributed by atoms with Gasteiger partial charge in [0.25, 0.3) is 5.56 Å². The zero-order valence-electron chi connectivity index (χ0n) is 16.1. The van der Waals surface area contributed by atoms with Crippen LogP contribution < -0.4 is 10.9 Å². The molecule has 0 atom stereocenters. The number of benzene rings is 2. The van der Waals surface area contributed by atoms with Crippen molar-refractivity contribution in [2.45, 2.75) is 12.3 Å². The van der Waals surface area contributed by atoms with Crippen LogP contribution in [-0.4, -0.2) is 24.2 Å². The number of rotatable bonds is 4. The number of H-pyrrole nitrogens is 1. The zero-order chi connectivity index (χ0) is 20.9. The molecule has 0 fully saturated rings. The third-order valence-corrected chi connectivity index (χ3v) is 5.17. The fourth-order valence-electron chi connectivity index (χ4n) is 3.58. The van der Waals surface area contributed by atoms with Gasteiger partial charge in [-0.25, -0.2) is 4.79 Å². The standard InChI is InChI=1S/C24H19ClN2O3/c25-17-13-16(23(28)27-14-17)7-5-6-12-26-24(29)30-15-22-20-10-3-1-8-18(20)19-9-2-4-11-21(19)22/h1-4,8-11,13-14,22H,6,12,15H2,(H,26,29)(H,27,28). The van der Waals surface area contributed by atoms with Crippen LogP contribution in [0.1, 0.15) is 29.0 Å². The number of ether oxygens (including phenoxy) is 1. The van der Waals surface area contributed by atoms with E-state index in [1.165, 1.54) is 34.5 Å².